The fourth-order valence-corrected chi connectivity index (χ4v) is 5.44. The number of carbonyl (C=O) groups excluding carboxylic acids is 2. The van der Waals surface area contributed by atoms with E-state index in [1.807, 2.05) is 6.92 Å². The Morgan fingerprint density at radius 3 is 2.50 bits per heavy atom. The first kappa shape index (κ1) is 22.7. The second-order valence-electron chi connectivity index (χ2n) is 7.37. The lowest BCUT2D eigenvalue weighted by Crippen LogP contribution is -2.41. The Labute approximate surface area is 185 Å². The molecule has 0 radical (unpaired) electrons. The topological polar surface area (TPSA) is 95.6 Å². The minimum absolute atomic E-state index is 0.193. The van der Waals surface area contributed by atoms with Crippen LogP contribution in [0.2, 0.25) is 5.02 Å². The van der Waals surface area contributed by atoms with Crippen molar-refractivity contribution in [2.24, 2.45) is 5.92 Å². The molecule has 0 unspecified atom stereocenters. The van der Waals surface area contributed by atoms with Crippen molar-refractivity contribution in [3.63, 3.8) is 0 Å². The van der Waals surface area contributed by atoms with E-state index in [4.69, 9.17) is 11.6 Å². The van der Waals surface area contributed by atoms with Crippen molar-refractivity contribution < 1.29 is 18.0 Å². The fraction of sp³-hybridized carbons (Fsp3) is 0.400. The van der Waals surface area contributed by atoms with Gasteiger partial charge in [0, 0.05) is 19.6 Å². The third-order valence-corrected chi connectivity index (χ3v) is 7.86. The van der Waals surface area contributed by atoms with Gasteiger partial charge in [0.15, 0.2) is 0 Å². The van der Waals surface area contributed by atoms with Crippen molar-refractivity contribution >= 4 is 49.8 Å². The van der Waals surface area contributed by atoms with Crippen LogP contribution in [0.25, 0.3) is 0 Å². The molecule has 0 bridgehead atoms. The molecule has 2 N–H and O–H groups in total. The van der Waals surface area contributed by atoms with Crippen LogP contribution in [-0.2, 0) is 10.0 Å². The molecule has 2 heterocycles. The molecule has 0 atom stereocenters. The van der Waals surface area contributed by atoms with E-state index in [1.165, 1.54) is 21.9 Å². The molecule has 1 aromatic heterocycles. The number of amides is 2. The molecule has 0 aliphatic carbocycles. The molecule has 3 rings (SSSR count). The van der Waals surface area contributed by atoms with Crippen molar-refractivity contribution in [1.29, 1.82) is 0 Å². The molecule has 1 fully saturated rings. The van der Waals surface area contributed by atoms with Crippen LogP contribution in [0, 0.1) is 12.8 Å². The first-order valence-corrected chi connectivity index (χ1v) is 12.6. The number of thiophene rings is 1. The van der Waals surface area contributed by atoms with Crippen molar-refractivity contribution in [2.45, 2.75) is 19.8 Å². The summed E-state index contributed by atoms with van der Waals surface area (Å²) in [6.07, 6.45) is 2.66. The normalized spacial score (nSPS) is 15.7. The van der Waals surface area contributed by atoms with E-state index in [0.717, 1.165) is 18.4 Å². The van der Waals surface area contributed by atoms with E-state index < -0.39 is 10.0 Å². The lowest BCUT2D eigenvalue weighted by atomic mass is 9.98. The number of sulfonamides is 1. The summed E-state index contributed by atoms with van der Waals surface area (Å²) in [6, 6.07) is 8.54. The highest BCUT2D eigenvalue weighted by Crippen LogP contribution is 2.28. The molecule has 162 valence electrons. The maximum absolute atomic E-state index is 12.6. The lowest BCUT2D eigenvalue weighted by Gasteiger charge is -2.30. The molecule has 0 spiro atoms. The highest BCUT2D eigenvalue weighted by Gasteiger charge is 2.25. The highest BCUT2D eigenvalue weighted by molar-refractivity contribution is 7.88. The number of hydrogen-bond acceptors (Lipinski definition) is 5. The molecule has 1 aromatic carbocycles. The van der Waals surface area contributed by atoms with Gasteiger partial charge in [0.05, 0.1) is 26.7 Å². The predicted octanol–water partition coefficient (Wildman–Crippen LogP) is 3.36. The zero-order valence-electron chi connectivity index (χ0n) is 16.8. The quantitative estimate of drug-likeness (QED) is 0.678. The average Bonchev–Trinajstić information content (AvgIpc) is 3.06. The van der Waals surface area contributed by atoms with Gasteiger partial charge in [0.25, 0.3) is 11.8 Å². The monoisotopic (exact) mass is 469 g/mol. The summed E-state index contributed by atoms with van der Waals surface area (Å²) in [5.41, 5.74) is 1.15. The van der Waals surface area contributed by atoms with Crippen LogP contribution in [0.15, 0.2) is 30.3 Å². The van der Waals surface area contributed by atoms with Gasteiger partial charge in [-0.2, -0.15) is 0 Å². The SMILES string of the molecule is Cc1cc(NC(=O)c2ccccc2Cl)sc1C(=O)NCC1CCN(S(C)(=O)=O)CC1. The van der Waals surface area contributed by atoms with Gasteiger partial charge in [0.1, 0.15) is 0 Å². The number of piperidine rings is 1. The number of carbonyl (C=O) groups is 2. The van der Waals surface area contributed by atoms with Gasteiger partial charge in [0.2, 0.25) is 10.0 Å². The van der Waals surface area contributed by atoms with Gasteiger partial charge in [-0.3, -0.25) is 9.59 Å². The number of aryl methyl sites for hydroxylation is 1. The molecule has 2 amide bonds. The van der Waals surface area contributed by atoms with Crippen LogP contribution in [0.1, 0.15) is 38.4 Å². The third kappa shape index (κ3) is 5.60. The molecule has 1 saturated heterocycles. The smallest absolute Gasteiger partial charge is 0.261 e. The highest BCUT2D eigenvalue weighted by atomic mass is 35.5. The Balaban J connectivity index is 1.55. The van der Waals surface area contributed by atoms with Crippen LogP contribution in [0.4, 0.5) is 5.00 Å². The number of anilines is 1. The van der Waals surface area contributed by atoms with Crippen LogP contribution in [0.5, 0.6) is 0 Å². The fourth-order valence-electron chi connectivity index (χ4n) is 3.36. The van der Waals surface area contributed by atoms with E-state index >= 15 is 0 Å². The molecule has 2 aromatic rings. The first-order chi connectivity index (χ1) is 14.1. The summed E-state index contributed by atoms with van der Waals surface area (Å²) in [4.78, 5) is 25.6. The van der Waals surface area contributed by atoms with Crippen molar-refractivity contribution in [3.8, 4) is 0 Å². The van der Waals surface area contributed by atoms with Gasteiger partial charge in [-0.05, 0) is 49.4 Å². The zero-order chi connectivity index (χ0) is 21.9. The molecule has 10 heteroatoms. The molecular weight excluding hydrogens is 446 g/mol. The van der Waals surface area contributed by atoms with E-state index in [-0.39, 0.29) is 17.7 Å². The Morgan fingerprint density at radius 1 is 1.20 bits per heavy atom. The average molecular weight is 470 g/mol. The van der Waals surface area contributed by atoms with Gasteiger partial charge in [-0.25, -0.2) is 12.7 Å². The summed E-state index contributed by atoms with van der Waals surface area (Å²) >= 11 is 7.28. The standard InChI is InChI=1S/C20H24ClN3O4S2/c1-13-11-17(23-19(25)15-5-3-4-6-16(15)21)29-18(13)20(26)22-12-14-7-9-24(10-8-14)30(2,27)28/h3-6,11,14H,7-10,12H2,1-2H3,(H,22,26)(H,23,25). The number of hydrogen-bond donors (Lipinski definition) is 2. The van der Waals surface area contributed by atoms with Crippen LogP contribution in [0.3, 0.4) is 0 Å². The maximum Gasteiger partial charge on any atom is 0.261 e. The molecule has 1 aliphatic heterocycles. The number of benzene rings is 1. The van der Waals surface area contributed by atoms with Crippen LogP contribution < -0.4 is 10.6 Å². The Bertz CT molecular complexity index is 1040. The van der Waals surface area contributed by atoms with Gasteiger partial charge in [-0.1, -0.05) is 23.7 Å². The Hall–Kier alpha value is -1.94. The zero-order valence-corrected chi connectivity index (χ0v) is 19.2. The van der Waals surface area contributed by atoms with E-state index in [9.17, 15) is 18.0 Å². The second kappa shape index (κ2) is 9.47. The maximum atomic E-state index is 12.6. The Kier molecular flexibility index (Phi) is 7.18. The van der Waals surface area contributed by atoms with E-state index in [0.29, 0.717) is 40.1 Å². The van der Waals surface area contributed by atoms with Crippen LogP contribution in [-0.4, -0.2) is 50.4 Å². The number of halogens is 1. The molecule has 30 heavy (non-hydrogen) atoms. The van der Waals surface area contributed by atoms with Crippen LogP contribution >= 0.6 is 22.9 Å². The van der Waals surface area contributed by atoms with Gasteiger partial charge >= 0.3 is 0 Å². The number of nitrogens with one attached hydrogen (secondary N) is 2. The summed E-state index contributed by atoms with van der Waals surface area (Å²) < 4.78 is 24.7. The Morgan fingerprint density at radius 2 is 1.87 bits per heavy atom. The largest absolute Gasteiger partial charge is 0.351 e. The van der Waals surface area contributed by atoms with Crippen molar-refractivity contribution in [1.82, 2.24) is 9.62 Å². The summed E-state index contributed by atoms with van der Waals surface area (Å²) in [7, 11) is -3.15. The minimum Gasteiger partial charge on any atom is -0.351 e. The summed E-state index contributed by atoms with van der Waals surface area (Å²) in [5, 5.41) is 6.67. The van der Waals surface area contributed by atoms with E-state index in [2.05, 4.69) is 10.6 Å². The summed E-state index contributed by atoms with van der Waals surface area (Å²) in [5.74, 6) is -0.278. The second-order valence-corrected chi connectivity index (χ2v) is 10.8. The molecule has 7 nitrogen and oxygen atoms in total. The lowest BCUT2D eigenvalue weighted by molar-refractivity contribution is 0.0944. The number of rotatable bonds is 6. The molecule has 0 saturated carbocycles. The van der Waals surface area contributed by atoms with Crippen molar-refractivity contribution in [2.75, 3.05) is 31.2 Å². The van der Waals surface area contributed by atoms with Crippen molar-refractivity contribution in [3.05, 3.63) is 51.4 Å². The predicted molar refractivity (Wildman–Crippen MR) is 120 cm³/mol. The molecule has 1 aliphatic rings. The third-order valence-electron chi connectivity index (χ3n) is 5.07. The van der Waals surface area contributed by atoms with E-state index in [1.54, 1.807) is 30.3 Å². The first-order valence-electron chi connectivity index (χ1n) is 9.55. The minimum atomic E-state index is -3.15. The van der Waals surface area contributed by atoms with Gasteiger partial charge in [-0.15, -0.1) is 11.3 Å². The number of nitrogens with zero attached hydrogens (tertiary/aromatic N) is 1. The molecular formula is C20H24ClN3O4S2. The summed E-state index contributed by atoms with van der Waals surface area (Å²) in [6.45, 7) is 3.28. The van der Waals surface area contributed by atoms with Gasteiger partial charge < -0.3 is 10.6 Å².